The van der Waals surface area contributed by atoms with E-state index in [0.717, 1.165) is 16.2 Å². The van der Waals surface area contributed by atoms with Gasteiger partial charge in [-0.25, -0.2) is 0 Å². The first-order valence-corrected chi connectivity index (χ1v) is 7.38. The predicted molar refractivity (Wildman–Crippen MR) is 82.9 cm³/mol. The number of nitrogens with one attached hydrogen (secondary N) is 1. The number of rotatable bonds is 2. The first-order valence-electron chi connectivity index (χ1n) is 5.74. The SMILES string of the molecule is Clc1ccc([C@H]2NN=C(c3ccccc3)S2)c(Cl)c1. The lowest BCUT2D eigenvalue weighted by Gasteiger charge is -2.11. The fourth-order valence-electron chi connectivity index (χ4n) is 1.84. The average Bonchev–Trinajstić information content (AvgIpc) is 2.89. The summed E-state index contributed by atoms with van der Waals surface area (Å²) in [6.07, 6.45) is 0. The summed E-state index contributed by atoms with van der Waals surface area (Å²) in [6.45, 7) is 0. The van der Waals surface area contributed by atoms with Crippen LogP contribution in [0.4, 0.5) is 0 Å². The van der Waals surface area contributed by atoms with Crippen LogP contribution in [0.3, 0.4) is 0 Å². The van der Waals surface area contributed by atoms with Crippen molar-refractivity contribution in [3.05, 3.63) is 69.7 Å². The molecule has 0 fully saturated rings. The van der Waals surface area contributed by atoms with E-state index in [9.17, 15) is 0 Å². The molecule has 96 valence electrons. The van der Waals surface area contributed by atoms with Crippen LogP contribution in [-0.2, 0) is 0 Å². The van der Waals surface area contributed by atoms with E-state index in [-0.39, 0.29) is 5.37 Å². The number of hydrazone groups is 1. The van der Waals surface area contributed by atoms with Gasteiger partial charge in [-0.1, -0.05) is 71.4 Å². The molecule has 1 heterocycles. The van der Waals surface area contributed by atoms with Crippen molar-refractivity contribution in [3.63, 3.8) is 0 Å². The van der Waals surface area contributed by atoms with E-state index in [1.54, 1.807) is 17.8 Å². The number of nitrogens with zero attached hydrogens (tertiary/aromatic N) is 1. The highest BCUT2D eigenvalue weighted by atomic mass is 35.5. The summed E-state index contributed by atoms with van der Waals surface area (Å²) in [7, 11) is 0. The molecule has 0 saturated carbocycles. The second kappa shape index (κ2) is 5.45. The Bertz CT molecular complexity index is 629. The molecule has 0 saturated heterocycles. The van der Waals surface area contributed by atoms with Crippen LogP contribution in [0, 0.1) is 0 Å². The molecule has 0 amide bonds. The van der Waals surface area contributed by atoms with E-state index < -0.39 is 0 Å². The van der Waals surface area contributed by atoms with Gasteiger partial charge in [-0.2, -0.15) is 5.10 Å². The maximum atomic E-state index is 6.21. The van der Waals surface area contributed by atoms with Crippen LogP contribution in [0.5, 0.6) is 0 Å². The highest BCUT2D eigenvalue weighted by Gasteiger charge is 2.23. The lowest BCUT2D eigenvalue weighted by molar-refractivity contribution is 0.744. The van der Waals surface area contributed by atoms with Crippen LogP contribution in [-0.4, -0.2) is 5.04 Å². The maximum Gasteiger partial charge on any atom is 0.126 e. The third kappa shape index (κ3) is 2.73. The van der Waals surface area contributed by atoms with Gasteiger partial charge in [-0.3, -0.25) is 5.43 Å². The van der Waals surface area contributed by atoms with Crippen molar-refractivity contribution in [2.24, 2.45) is 5.10 Å². The van der Waals surface area contributed by atoms with E-state index in [0.29, 0.717) is 10.0 Å². The van der Waals surface area contributed by atoms with Crippen molar-refractivity contribution in [2.75, 3.05) is 0 Å². The van der Waals surface area contributed by atoms with Crippen molar-refractivity contribution < 1.29 is 0 Å². The molecule has 19 heavy (non-hydrogen) atoms. The standard InChI is InChI=1S/C14H10Cl2N2S/c15-10-6-7-11(12(16)8-10)14-18-17-13(19-14)9-4-2-1-3-5-9/h1-8,14,18H/t14-/m0/s1. The third-order valence-electron chi connectivity index (χ3n) is 2.78. The van der Waals surface area contributed by atoms with Gasteiger partial charge >= 0.3 is 0 Å². The van der Waals surface area contributed by atoms with Crippen molar-refractivity contribution in [3.8, 4) is 0 Å². The molecular weight excluding hydrogens is 299 g/mol. The first kappa shape index (κ1) is 12.9. The maximum absolute atomic E-state index is 6.21. The zero-order valence-corrected chi connectivity index (χ0v) is 12.1. The van der Waals surface area contributed by atoms with Crippen molar-refractivity contribution in [2.45, 2.75) is 5.37 Å². The van der Waals surface area contributed by atoms with Crippen molar-refractivity contribution in [1.82, 2.24) is 5.43 Å². The molecule has 2 aromatic carbocycles. The third-order valence-corrected chi connectivity index (χ3v) is 4.49. The number of halogens is 2. The summed E-state index contributed by atoms with van der Waals surface area (Å²) in [6, 6.07) is 15.6. The molecule has 2 nitrogen and oxygen atoms in total. The summed E-state index contributed by atoms with van der Waals surface area (Å²) >= 11 is 13.8. The van der Waals surface area contributed by atoms with Crippen molar-refractivity contribution in [1.29, 1.82) is 0 Å². The van der Waals surface area contributed by atoms with Crippen LogP contribution < -0.4 is 5.43 Å². The number of hydrogen-bond acceptors (Lipinski definition) is 3. The molecule has 5 heteroatoms. The summed E-state index contributed by atoms with van der Waals surface area (Å²) in [4.78, 5) is 0. The largest absolute Gasteiger partial charge is 0.291 e. The second-order valence-electron chi connectivity index (χ2n) is 4.08. The molecule has 3 rings (SSSR count). The minimum absolute atomic E-state index is 0.0278. The van der Waals surface area contributed by atoms with Gasteiger partial charge in [-0.15, -0.1) is 0 Å². The minimum atomic E-state index is 0.0278. The van der Waals surface area contributed by atoms with Crippen LogP contribution in [0.1, 0.15) is 16.5 Å². The lowest BCUT2D eigenvalue weighted by Crippen LogP contribution is -2.07. The molecular formula is C14H10Cl2N2S. The van der Waals surface area contributed by atoms with Gasteiger partial charge in [0, 0.05) is 21.2 Å². The molecule has 1 atom stereocenters. The zero-order valence-electron chi connectivity index (χ0n) is 9.81. The Hall–Kier alpha value is -1.16. The molecule has 1 aliphatic rings. The summed E-state index contributed by atoms with van der Waals surface area (Å²) in [5.74, 6) is 0. The smallest absolute Gasteiger partial charge is 0.126 e. The van der Waals surface area contributed by atoms with Gasteiger partial charge in [-0.05, 0) is 12.1 Å². The Morgan fingerprint density at radius 2 is 1.84 bits per heavy atom. The van der Waals surface area contributed by atoms with Crippen molar-refractivity contribution >= 4 is 40.0 Å². The monoisotopic (exact) mass is 308 g/mol. The van der Waals surface area contributed by atoms with E-state index in [2.05, 4.69) is 10.5 Å². The molecule has 0 unspecified atom stereocenters. The van der Waals surface area contributed by atoms with Crippen LogP contribution >= 0.6 is 35.0 Å². The summed E-state index contributed by atoms with van der Waals surface area (Å²) < 4.78 is 0. The molecule has 1 aliphatic heterocycles. The van der Waals surface area contributed by atoms with Gasteiger partial charge in [0.2, 0.25) is 0 Å². The number of hydrogen-bond donors (Lipinski definition) is 1. The summed E-state index contributed by atoms with van der Waals surface area (Å²) in [5.41, 5.74) is 5.20. The van der Waals surface area contributed by atoms with Gasteiger partial charge < -0.3 is 0 Å². The lowest BCUT2D eigenvalue weighted by atomic mass is 10.2. The second-order valence-corrected chi connectivity index (χ2v) is 6.01. The van der Waals surface area contributed by atoms with Crippen LogP contribution in [0.2, 0.25) is 10.0 Å². The quantitative estimate of drug-likeness (QED) is 0.870. The fraction of sp³-hybridized carbons (Fsp3) is 0.0714. The highest BCUT2D eigenvalue weighted by Crippen LogP contribution is 2.38. The highest BCUT2D eigenvalue weighted by molar-refractivity contribution is 8.14. The van der Waals surface area contributed by atoms with Crippen LogP contribution in [0.15, 0.2) is 53.6 Å². The molecule has 1 N–H and O–H groups in total. The first-order chi connectivity index (χ1) is 9.24. The van der Waals surface area contributed by atoms with E-state index in [1.165, 1.54) is 0 Å². The number of benzene rings is 2. The van der Waals surface area contributed by atoms with Gasteiger partial charge in [0.05, 0.1) is 0 Å². The summed E-state index contributed by atoms with van der Waals surface area (Å²) in [5, 5.41) is 6.66. The van der Waals surface area contributed by atoms with E-state index >= 15 is 0 Å². The predicted octanol–water partition coefficient (Wildman–Crippen LogP) is 4.69. The Balaban J connectivity index is 1.81. The van der Waals surface area contributed by atoms with Gasteiger partial charge in [0.25, 0.3) is 0 Å². The number of thioether (sulfide) groups is 1. The van der Waals surface area contributed by atoms with E-state index in [1.807, 2.05) is 42.5 Å². The molecule has 0 radical (unpaired) electrons. The Morgan fingerprint density at radius 3 is 2.58 bits per heavy atom. The van der Waals surface area contributed by atoms with Gasteiger partial charge in [0.1, 0.15) is 10.4 Å². The average molecular weight is 309 g/mol. The fourth-order valence-corrected chi connectivity index (χ4v) is 3.46. The molecule has 0 spiro atoms. The normalized spacial score (nSPS) is 18.0. The Kier molecular flexibility index (Phi) is 3.69. The van der Waals surface area contributed by atoms with E-state index in [4.69, 9.17) is 23.2 Å². The van der Waals surface area contributed by atoms with Gasteiger partial charge in [0.15, 0.2) is 0 Å². The molecule has 0 bridgehead atoms. The topological polar surface area (TPSA) is 24.4 Å². The molecule has 2 aromatic rings. The molecule has 0 aliphatic carbocycles. The van der Waals surface area contributed by atoms with Crippen LogP contribution in [0.25, 0.3) is 0 Å². The Labute approximate surface area is 125 Å². The molecule has 0 aromatic heterocycles. The minimum Gasteiger partial charge on any atom is -0.291 e. The Morgan fingerprint density at radius 1 is 1.05 bits per heavy atom. The zero-order chi connectivity index (χ0) is 13.2.